The van der Waals surface area contributed by atoms with Crippen molar-refractivity contribution in [2.45, 2.75) is 45.2 Å². The van der Waals surface area contributed by atoms with E-state index in [4.69, 9.17) is 9.84 Å². The third-order valence-corrected chi connectivity index (χ3v) is 2.99. The molecule has 110 valence electrons. The number of unbranched alkanes of at least 4 members (excludes halogenated alkanes) is 2. The van der Waals surface area contributed by atoms with E-state index < -0.39 is 17.6 Å². The molecule has 0 amide bonds. The molecule has 4 nitrogen and oxygen atoms in total. The van der Waals surface area contributed by atoms with Gasteiger partial charge in [-0.15, -0.1) is 0 Å². The Balaban J connectivity index is 2.62. The predicted octanol–water partition coefficient (Wildman–Crippen LogP) is 3.60. The molecule has 0 aromatic heterocycles. The van der Waals surface area contributed by atoms with Crippen molar-refractivity contribution in [2.75, 3.05) is 0 Å². The van der Waals surface area contributed by atoms with E-state index in [2.05, 4.69) is 0 Å². The second-order valence-electron chi connectivity index (χ2n) is 4.87. The van der Waals surface area contributed by atoms with Gasteiger partial charge in [0.15, 0.2) is 0 Å². The van der Waals surface area contributed by atoms with E-state index in [0.29, 0.717) is 6.42 Å². The summed E-state index contributed by atoms with van der Waals surface area (Å²) < 4.78 is 19.1. The Bertz CT molecular complexity index is 465. The molecule has 0 spiro atoms. The summed E-state index contributed by atoms with van der Waals surface area (Å²) in [5.41, 5.74) is -1.95. The summed E-state index contributed by atoms with van der Waals surface area (Å²) in [5, 5.41) is 8.74. The summed E-state index contributed by atoms with van der Waals surface area (Å²) in [7, 11) is 0. The van der Waals surface area contributed by atoms with Gasteiger partial charge < -0.3 is 9.84 Å². The van der Waals surface area contributed by atoms with Crippen LogP contribution in [0.1, 0.15) is 49.9 Å². The van der Waals surface area contributed by atoms with Gasteiger partial charge in [0.05, 0.1) is 5.56 Å². The number of hydrogen-bond donors (Lipinski definition) is 1. The molecule has 0 aliphatic rings. The number of ether oxygens (including phenoxy) is 1. The normalized spacial score (nSPS) is 13.6. The van der Waals surface area contributed by atoms with Crippen molar-refractivity contribution in [3.05, 3.63) is 29.8 Å². The number of benzene rings is 1. The van der Waals surface area contributed by atoms with Gasteiger partial charge in [0.2, 0.25) is 5.67 Å². The first-order valence-electron chi connectivity index (χ1n) is 6.61. The molecule has 1 aromatic rings. The second-order valence-corrected chi connectivity index (χ2v) is 4.87. The Morgan fingerprint density at radius 1 is 1.25 bits per heavy atom. The first kappa shape index (κ1) is 16.1. The highest BCUT2D eigenvalue weighted by Crippen LogP contribution is 2.23. The predicted molar refractivity (Wildman–Crippen MR) is 72.7 cm³/mol. The first-order chi connectivity index (χ1) is 9.36. The summed E-state index contributed by atoms with van der Waals surface area (Å²) in [4.78, 5) is 22.4. The summed E-state index contributed by atoms with van der Waals surface area (Å²) in [6.07, 6.45) is 2.55. The van der Waals surface area contributed by atoms with Crippen molar-refractivity contribution in [3.8, 4) is 5.75 Å². The molecule has 1 atom stereocenters. The zero-order chi connectivity index (χ0) is 15.2. The van der Waals surface area contributed by atoms with Gasteiger partial charge >= 0.3 is 11.9 Å². The van der Waals surface area contributed by atoms with Crippen LogP contribution in [0, 0.1) is 0 Å². The topological polar surface area (TPSA) is 63.6 Å². The van der Waals surface area contributed by atoms with Crippen LogP contribution < -0.4 is 4.74 Å². The van der Waals surface area contributed by atoms with Crippen molar-refractivity contribution in [1.82, 2.24) is 0 Å². The fraction of sp³-hybridized carbons (Fsp3) is 0.467. The molecule has 1 unspecified atom stereocenters. The maximum absolute atomic E-state index is 14.1. The zero-order valence-electron chi connectivity index (χ0n) is 11.7. The monoisotopic (exact) mass is 282 g/mol. The van der Waals surface area contributed by atoms with Crippen LogP contribution in [0.2, 0.25) is 0 Å². The molecule has 0 saturated heterocycles. The van der Waals surface area contributed by atoms with Gasteiger partial charge in [-0.1, -0.05) is 19.8 Å². The minimum absolute atomic E-state index is 0.0794. The number of carboxylic acid groups (broad SMARTS) is 1. The average molecular weight is 282 g/mol. The van der Waals surface area contributed by atoms with Gasteiger partial charge in [-0.2, -0.15) is 0 Å². The van der Waals surface area contributed by atoms with Crippen LogP contribution in [0.15, 0.2) is 24.3 Å². The zero-order valence-corrected chi connectivity index (χ0v) is 11.7. The lowest BCUT2D eigenvalue weighted by molar-refractivity contribution is -0.147. The van der Waals surface area contributed by atoms with Gasteiger partial charge in [0.25, 0.3) is 0 Å². The number of esters is 1. The lowest BCUT2D eigenvalue weighted by Gasteiger charge is -2.18. The van der Waals surface area contributed by atoms with Crippen molar-refractivity contribution >= 4 is 11.9 Å². The number of hydrogen-bond acceptors (Lipinski definition) is 3. The van der Waals surface area contributed by atoms with Crippen molar-refractivity contribution in [3.63, 3.8) is 0 Å². The lowest BCUT2D eigenvalue weighted by atomic mass is 10.0. The Morgan fingerprint density at radius 3 is 2.35 bits per heavy atom. The van der Waals surface area contributed by atoms with Crippen LogP contribution in [0.3, 0.4) is 0 Å². The number of carbonyl (C=O) groups excluding carboxylic acids is 1. The third kappa shape index (κ3) is 4.64. The number of halogens is 1. The molecule has 0 bridgehead atoms. The average Bonchev–Trinajstić information content (AvgIpc) is 2.39. The first-order valence-corrected chi connectivity index (χ1v) is 6.61. The number of carboxylic acids is 1. The molecular weight excluding hydrogens is 263 g/mol. The number of carbonyl (C=O) groups is 2. The minimum Gasteiger partial charge on any atom is -0.478 e. The molecule has 0 aliphatic carbocycles. The molecule has 0 radical (unpaired) electrons. The molecule has 1 rings (SSSR count). The Morgan fingerprint density at radius 2 is 1.85 bits per heavy atom. The fourth-order valence-corrected chi connectivity index (χ4v) is 1.69. The molecule has 0 saturated carbocycles. The van der Waals surface area contributed by atoms with Gasteiger partial charge in [0.1, 0.15) is 5.75 Å². The van der Waals surface area contributed by atoms with E-state index in [1.165, 1.54) is 31.2 Å². The largest absolute Gasteiger partial charge is 0.478 e. The molecule has 1 N–H and O–H groups in total. The van der Waals surface area contributed by atoms with Crippen molar-refractivity contribution in [2.24, 2.45) is 0 Å². The van der Waals surface area contributed by atoms with Crippen molar-refractivity contribution < 1.29 is 23.8 Å². The number of alkyl halides is 1. The van der Waals surface area contributed by atoms with Gasteiger partial charge in [-0.25, -0.2) is 14.0 Å². The maximum atomic E-state index is 14.1. The fourth-order valence-electron chi connectivity index (χ4n) is 1.69. The molecule has 0 aliphatic heterocycles. The smallest absolute Gasteiger partial charge is 0.348 e. The summed E-state index contributed by atoms with van der Waals surface area (Å²) in [6.45, 7) is 3.20. The van der Waals surface area contributed by atoms with Crippen LogP contribution in [0.5, 0.6) is 5.75 Å². The highest BCUT2D eigenvalue weighted by atomic mass is 19.1. The molecule has 5 heteroatoms. The van der Waals surface area contributed by atoms with Crippen LogP contribution in [0.25, 0.3) is 0 Å². The molecule has 1 aromatic carbocycles. The SMILES string of the molecule is CCCCCC(C)(F)C(=O)Oc1ccc(C(=O)O)cc1. The molecule has 0 fully saturated rings. The van der Waals surface area contributed by atoms with E-state index >= 15 is 0 Å². The van der Waals surface area contributed by atoms with Gasteiger partial charge in [-0.3, -0.25) is 0 Å². The quantitative estimate of drug-likeness (QED) is 0.471. The van der Waals surface area contributed by atoms with E-state index in [1.807, 2.05) is 6.92 Å². The summed E-state index contributed by atoms with van der Waals surface area (Å²) in [6, 6.07) is 5.28. The highest BCUT2D eigenvalue weighted by Gasteiger charge is 2.34. The van der Waals surface area contributed by atoms with E-state index in [1.54, 1.807) is 0 Å². The van der Waals surface area contributed by atoms with Gasteiger partial charge in [-0.05, 0) is 44.0 Å². The highest BCUT2D eigenvalue weighted by molar-refractivity contribution is 5.88. The third-order valence-electron chi connectivity index (χ3n) is 2.99. The van der Waals surface area contributed by atoms with E-state index in [-0.39, 0.29) is 17.7 Å². The maximum Gasteiger partial charge on any atom is 0.348 e. The van der Waals surface area contributed by atoms with Crippen LogP contribution in [-0.4, -0.2) is 22.7 Å². The number of rotatable bonds is 7. The van der Waals surface area contributed by atoms with E-state index in [0.717, 1.165) is 12.8 Å². The second kappa shape index (κ2) is 7.03. The van der Waals surface area contributed by atoms with Crippen LogP contribution in [0.4, 0.5) is 4.39 Å². The summed E-state index contributed by atoms with van der Waals surface area (Å²) in [5.74, 6) is -1.88. The van der Waals surface area contributed by atoms with Crippen LogP contribution >= 0.6 is 0 Å². The Labute approximate surface area is 117 Å². The minimum atomic E-state index is -2.03. The molecule has 0 heterocycles. The lowest BCUT2D eigenvalue weighted by Crippen LogP contribution is -2.34. The number of aromatic carboxylic acids is 1. The summed E-state index contributed by atoms with van der Waals surface area (Å²) >= 11 is 0. The standard InChI is InChI=1S/C15H19FO4/c1-3-4-5-10-15(2,16)14(19)20-12-8-6-11(7-9-12)13(17)18/h6-9H,3-5,10H2,1-2H3,(H,17,18). The Hall–Kier alpha value is -1.91. The van der Waals surface area contributed by atoms with Crippen LogP contribution in [-0.2, 0) is 4.79 Å². The van der Waals surface area contributed by atoms with Crippen molar-refractivity contribution in [1.29, 1.82) is 0 Å². The molecule has 20 heavy (non-hydrogen) atoms. The van der Waals surface area contributed by atoms with E-state index in [9.17, 15) is 14.0 Å². The van der Waals surface area contributed by atoms with Gasteiger partial charge in [0, 0.05) is 0 Å². The molecular formula is C15H19FO4. The Kier molecular flexibility index (Phi) is 5.67.